The summed E-state index contributed by atoms with van der Waals surface area (Å²) in [5, 5.41) is 6.69. The second-order valence-electron chi connectivity index (χ2n) is 8.84. The van der Waals surface area contributed by atoms with E-state index in [9.17, 15) is 9.18 Å². The molecule has 188 valence electrons. The predicted octanol–water partition coefficient (Wildman–Crippen LogP) is 4.92. The highest BCUT2D eigenvalue weighted by Gasteiger charge is 2.35. The SMILES string of the molecule is COc1cc2ncnc(Nc3ccc(F)c(Cl)c3)c2cc1NC(=O)/C=C/CN1CCOC2CCCC21. The Kier molecular flexibility index (Phi) is 7.31. The largest absolute Gasteiger partial charge is 0.494 e. The first kappa shape index (κ1) is 24.4. The van der Waals surface area contributed by atoms with Crippen molar-refractivity contribution >= 4 is 45.6 Å². The van der Waals surface area contributed by atoms with Gasteiger partial charge in [0.15, 0.2) is 0 Å². The summed E-state index contributed by atoms with van der Waals surface area (Å²) in [4.78, 5) is 23.8. The third-order valence-electron chi connectivity index (χ3n) is 6.60. The Hall–Kier alpha value is -3.27. The van der Waals surface area contributed by atoms with Gasteiger partial charge in [-0.2, -0.15) is 0 Å². The van der Waals surface area contributed by atoms with E-state index in [0.29, 0.717) is 52.5 Å². The van der Waals surface area contributed by atoms with Gasteiger partial charge >= 0.3 is 0 Å². The Bertz CT molecular complexity index is 1300. The van der Waals surface area contributed by atoms with Gasteiger partial charge in [-0.15, -0.1) is 0 Å². The molecule has 0 bridgehead atoms. The fraction of sp³-hybridized carbons (Fsp3) is 0.346. The number of aromatic nitrogens is 2. The first-order valence-electron chi connectivity index (χ1n) is 11.9. The van der Waals surface area contributed by atoms with Crippen molar-refractivity contribution in [1.29, 1.82) is 0 Å². The number of nitrogens with one attached hydrogen (secondary N) is 2. The molecule has 2 aliphatic rings. The maximum absolute atomic E-state index is 13.5. The third-order valence-corrected chi connectivity index (χ3v) is 6.89. The van der Waals surface area contributed by atoms with Crippen LogP contribution in [-0.4, -0.2) is 59.7 Å². The maximum atomic E-state index is 13.5. The van der Waals surface area contributed by atoms with Crippen molar-refractivity contribution in [3.63, 3.8) is 0 Å². The quantitative estimate of drug-likeness (QED) is 0.435. The molecule has 2 fully saturated rings. The minimum absolute atomic E-state index is 0.000279. The van der Waals surface area contributed by atoms with Crippen LogP contribution in [0.4, 0.5) is 21.6 Å². The number of ether oxygens (including phenoxy) is 2. The van der Waals surface area contributed by atoms with Gasteiger partial charge in [0.2, 0.25) is 5.91 Å². The molecule has 5 rings (SSSR count). The van der Waals surface area contributed by atoms with Crippen LogP contribution in [0.2, 0.25) is 5.02 Å². The summed E-state index contributed by atoms with van der Waals surface area (Å²) in [7, 11) is 1.53. The number of amides is 1. The van der Waals surface area contributed by atoms with Gasteiger partial charge in [0.05, 0.1) is 36.0 Å². The first-order chi connectivity index (χ1) is 17.5. The smallest absolute Gasteiger partial charge is 0.248 e. The molecular weight excluding hydrogens is 485 g/mol. The number of methoxy groups -OCH3 is 1. The van der Waals surface area contributed by atoms with Crippen LogP contribution in [0.15, 0.2) is 48.8 Å². The minimum atomic E-state index is -0.505. The minimum Gasteiger partial charge on any atom is -0.494 e. The number of anilines is 3. The zero-order chi connectivity index (χ0) is 25.1. The van der Waals surface area contributed by atoms with Crippen LogP contribution < -0.4 is 15.4 Å². The Morgan fingerprint density at radius 3 is 3.03 bits per heavy atom. The molecule has 1 aromatic heterocycles. The number of hydrogen-bond acceptors (Lipinski definition) is 7. The highest BCUT2D eigenvalue weighted by molar-refractivity contribution is 6.31. The van der Waals surface area contributed by atoms with Crippen LogP contribution in [0, 0.1) is 5.82 Å². The number of carbonyl (C=O) groups excluding carboxylic acids is 1. The van der Waals surface area contributed by atoms with Gasteiger partial charge in [-0.25, -0.2) is 14.4 Å². The molecule has 3 aromatic rings. The number of carbonyl (C=O) groups is 1. The van der Waals surface area contributed by atoms with Gasteiger partial charge in [0.25, 0.3) is 0 Å². The fourth-order valence-corrected chi connectivity index (χ4v) is 5.04. The highest BCUT2D eigenvalue weighted by Crippen LogP contribution is 2.34. The monoisotopic (exact) mass is 511 g/mol. The Labute approximate surface area is 213 Å². The van der Waals surface area contributed by atoms with E-state index in [1.54, 1.807) is 24.3 Å². The average Bonchev–Trinajstić information content (AvgIpc) is 3.36. The van der Waals surface area contributed by atoms with Crippen molar-refractivity contribution in [2.24, 2.45) is 0 Å². The lowest BCUT2D eigenvalue weighted by molar-refractivity contribution is -0.111. The summed E-state index contributed by atoms with van der Waals surface area (Å²) >= 11 is 5.91. The number of nitrogens with zero attached hydrogens (tertiary/aromatic N) is 3. The van der Waals surface area contributed by atoms with Crippen LogP contribution in [0.5, 0.6) is 5.75 Å². The topological polar surface area (TPSA) is 88.6 Å². The Morgan fingerprint density at radius 2 is 2.19 bits per heavy atom. The van der Waals surface area contributed by atoms with Crippen LogP contribution >= 0.6 is 11.6 Å². The first-order valence-corrected chi connectivity index (χ1v) is 12.3. The lowest BCUT2D eigenvalue weighted by atomic mass is 10.1. The molecule has 10 heteroatoms. The third kappa shape index (κ3) is 5.28. The van der Waals surface area contributed by atoms with Gasteiger partial charge in [-0.3, -0.25) is 9.69 Å². The van der Waals surface area contributed by atoms with Crippen molar-refractivity contribution in [1.82, 2.24) is 14.9 Å². The molecule has 36 heavy (non-hydrogen) atoms. The second kappa shape index (κ2) is 10.8. The van der Waals surface area contributed by atoms with Gasteiger partial charge in [-0.1, -0.05) is 17.7 Å². The van der Waals surface area contributed by atoms with E-state index in [0.717, 1.165) is 26.0 Å². The lowest BCUT2D eigenvalue weighted by Crippen LogP contribution is -2.48. The van der Waals surface area contributed by atoms with Gasteiger partial charge in [0, 0.05) is 42.3 Å². The predicted molar refractivity (Wildman–Crippen MR) is 138 cm³/mol. The lowest BCUT2D eigenvalue weighted by Gasteiger charge is -2.36. The van der Waals surface area contributed by atoms with Crippen LogP contribution in [0.1, 0.15) is 19.3 Å². The molecule has 1 aliphatic heterocycles. The molecule has 2 N–H and O–H groups in total. The number of rotatable bonds is 7. The molecule has 1 saturated heterocycles. The number of halogens is 2. The standard InChI is InChI=1S/C26H27ClFN5O3/c1-35-24-14-20-17(26(30-15-29-20)31-16-7-8-19(28)18(27)12-16)13-21(24)32-25(34)6-3-9-33-10-11-36-23-5-2-4-22(23)33/h3,6-8,12-15,22-23H,2,4-5,9-11H2,1H3,(H,32,34)(H,29,30,31)/b6-3+. The Morgan fingerprint density at radius 1 is 1.31 bits per heavy atom. The number of fused-ring (bicyclic) bond motifs is 2. The van der Waals surface area contributed by atoms with Gasteiger partial charge in [0.1, 0.15) is 23.7 Å². The molecule has 1 saturated carbocycles. The normalized spacial score (nSPS) is 20.0. The molecule has 1 amide bonds. The molecular formula is C26H27ClFN5O3. The van der Waals surface area contributed by atoms with Crippen LogP contribution in [-0.2, 0) is 9.53 Å². The molecule has 2 heterocycles. The zero-order valence-electron chi connectivity index (χ0n) is 19.8. The number of benzene rings is 2. The van der Waals surface area contributed by atoms with Crippen molar-refractivity contribution in [3.8, 4) is 5.75 Å². The molecule has 2 aromatic carbocycles. The maximum Gasteiger partial charge on any atom is 0.248 e. The van der Waals surface area contributed by atoms with Crippen molar-refractivity contribution < 1.29 is 18.7 Å². The van der Waals surface area contributed by atoms with E-state index in [2.05, 4.69) is 25.5 Å². The Balaban J connectivity index is 1.32. The zero-order valence-corrected chi connectivity index (χ0v) is 20.6. The van der Waals surface area contributed by atoms with Crippen molar-refractivity contribution in [3.05, 3.63) is 59.7 Å². The number of morpholine rings is 1. The average molecular weight is 512 g/mol. The summed E-state index contributed by atoms with van der Waals surface area (Å²) in [5.74, 6) is 0.185. The highest BCUT2D eigenvalue weighted by atomic mass is 35.5. The summed E-state index contributed by atoms with van der Waals surface area (Å²) in [6.07, 6.45) is 8.60. The summed E-state index contributed by atoms with van der Waals surface area (Å²) in [5.41, 5.74) is 1.67. The molecule has 1 aliphatic carbocycles. The fourth-order valence-electron chi connectivity index (χ4n) is 4.86. The van der Waals surface area contributed by atoms with Gasteiger partial charge in [-0.05, 0) is 43.5 Å². The molecule has 0 radical (unpaired) electrons. The molecule has 8 nitrogen and oxygen atoms in total. The summed E-state index contributed by atoms with van der Waals surface area (Å²) in [6.45, 7) is 2.31. The molecule has 2 unspecified atom stereocenters. The van der Waals surface area contributed by atoms with Crippen molar-refractivity contribution in [2.45, 2.75) is 31.4 Å². The molecule has 2 atom stereocenters. The molecule has 0 spiro atoms. The van der Waals surface area contributed by atoms with E-state index >= 15 is 0 Å². The van der Waals surface area contributed by atoms with Crippen LogP contribution in [0.25, 0.3) is 10.9 Å². The van der Waals surface area contributed by atoms with E-state index < -0.39 is 5.82 Å². The van der Waals surface area contributed by atoms with E-state index in [1.165, 1.54) is 32.0 Å². The van der Waals surface area contributed by atoms with Gasteiger partial charge < -0.3 is 20.1 Å². The second-order valence-corrected chi connectivity index (χ2v) is 9.25. The van der Waals surface area contributed by atoms with Crippen LogP contribution in [0.3, 0.4) is 0 Å². The van der Waals surface area contributed by atoms with Crippen molar-refractivity contribution in [2.75, 3.05) is 37.4 Å². The van der Waals surface area contributed by atoms with E-state index in [-0.39, 0.29) is 10.9 Å². The summed E-state index contributed by atoms with van der Waals surface area (Å²) < 4.78 is 24.9. The summed E-state index contributed by atoms with van der Waals surface area (Å²) in [6, 6.07) is 8.23. The number of hydrogen-bond donors (Lipinski definition) is 2. The van der Waals surface area contributed by atoms with E-state index in [4.69, 9.17) is 21.1 Å². The van der Waals surface area contributed by atoms with E-state index in [1.807, 2.05) is 6.08 Å².